The molecule has 3 aromatic rings. The Bertz CT molecular complexity index is 1210. The number of tetrazole rings is 1. The van der Waals surface area contributed by atoms with E-state index in [4.69, 9.17) is 9.47 Å². The fourth-order valence-corrected chi connectivity index (χ4v) is 4.00. The van der Waals surface area contributed by atoms with Crippen molar-refractivity contribution in [3.8, 4) is 22.9 Å². The lowest BCUT2D eigenvalue weighted by molar-refractivity contribution is -0.127. The maximum atomic E-state index is 13.7. The number of ether oxygens (including phenoxy) is 2. The standard InChI is InChI=1S/C27H36N6O4/c1-7-21(27(35)28-15-14-18(2)3)33(22-11-9-8-10-19(22)4)25(34)17-32-30-26(29-31-32)20-12-13-23(36-5)24(16-20)37-6/h8-13,16,18,21H,7,14-15,17H2,1-6H3,(H,28,35)/t21-/m1/s1. The largest absolute Gasteiger partial charge is 0.493 e. The van der Waals surface area contributed by atoms with Crippen molar-refractivity contribution in [2.24, 2.45) is 5.92 Å². The van der Waals surface area contributed by atoms with Crippen LogP contribution < -0.4 is 19.7 Å². The van der Waals surface area contributed by atoms with Crippen LogP contribution in [0.3, 0.4) is 0 Å². The molecule has 3 rings (SSSR count). The Hall–Kier alpha value is -3.95. The van der Waals surface area contributed by atoms with Crippen LogP contribution in [0.1, 0.15) is 39.2 Å². The van der Waals surface area contributed by atoms with Gasteiger partial charge in [0.05, 0.1) is 14.2 Å². The van der Waals surface area contributed by atoms with Gasteiger partial charge in [0.2, 0.25) is 11.7 Å². The van der Waals surface area contributed by atoms with Gasteiger partial charge in [0.25, 0.3) is 5.91 Å². The van der Waals surface area contributed by atoms with E-state index >= 15 is 0 Å². The molecule has 0 saturated carbocycles. The van der Waals surface area contributed by atoms with E-state index in [9.17, 15) is 9.59 Å². The number of nitrogens with one attached hydrogen (secondary N) is 1. The second kappa shape index (κ2) is 12.8. The quantitative estimate of drug-likeness (QED) is 0.398. The highest BCUT2D eigenvalue weighted by molar-refractivity contribution is 6.01. The van der Waals surface area contributed by atoms with E-state index < -0.39 is 6.04 Å². The van der Waals surface area contributed by atoms with E-state index in [1.54, 1.807) is 37.3 Å². The Balaban J connectivity index is 1.86. The van der Waals surface area contributed by atoms with Crippen LogP contribution in [0.5, 0.6) is 11.5 Å². The second-order valence-corrected chi connectivity index (χ2v) is 9.16. The van der Waals surface area contributed by atoms with Crippen molar-refractivity contribution >= 4 is 17.5 Å². The van der Waals surface area contributed by atoms with Crippen LogP contribution in [0.25, 0.3) is 11.4 Å². The Morgan fingerprint density at radius 2 is 1.81 bits per heavy atom. The molecule has 0 bridgehead atoms. The normalized spacial score (nSPS) is 11.8. The summed E-state index contributed by atoms with van der Waals surface area (Å²) >= 11 is 0. The number of rotatable bonds is 12. The first kappa shape index (κ1) is 27.6. The Kier molecular flexibility index (Phi) is 9.59. The summed E-state index contributed by atoms with van der Waals surface area (Å²) in [5, 5.41) is 15.6. The minimum absolute atomic E-state index is 0.176. The van der Waals surface area contributed by atoms with Gasteiger partial charge >= 0.3 is 0 Å². The van der Waals surface area contributed by atoms with E-state index in [1.807, 2.05) is 38.1 Å². The van der Waals surface area contributed by atoms with Gasteiger partial charge in [-0.3, -0.25) is 14.5 Å². The van der Waals surface area contributed by atoms with Gasteiger partial charge in [-0.05, 0) is 60.7 Å². The Morgan fingerprint density at radius 1 is 1.08 bits per heavy atom. The molecule has 0 radical (unpaired) electrons. The molecule has 0 saturated heterocycles. The number of carbonyl (C=O) groups is 2. The van der Waals surface area contributed by atoms with Gasteiger partial charge in [-0.1, -0.05) is 39.0 Å². The highest BCUT2D eigenvalue weighted by Crippen LogP contribution is 2.31. The van der Waals surface area contributed by atoms with E-state index in [0.29, 0.717) is 47.5 Å². The van der Waals surface area contributed by atoms with Crippen LogP contribution >= 0.6 is 0 Å². The molecular weight excluding hydrogens is 472 g/mol. The maximum Gasteiger partial charge on any atom is 0.251 e. The van der Waals surface area contributed by atoms with Gasteiger partial charge in [0.15, 0.2) is 11.5 Å². The molecule has 1 N–H and O–H groups in total. The summed E-state index contributed by atoms with van der Waals surface area (Å²) in [7, 11) is 3.11. The molecule has 2 aromatic carbocycles. The van der Waals surface area contributed by atoms with Crippen molar-refractivity contribution in [1.29, 1.82) is 0 Å². The third-order valence-corrected chi connectivity index (χ3v) is 6.04. The van der Waals surface area contributed by atoms with Crippen molar-refractivity contribution < 1.29 is 19.1 Å². The number of anilines is 1. The molecule has 1 heterocycles. The number of para-hydroxylation sites is 1. The molecule has 10 heteroatoms. The molecule has 0 fully saturated rings. The van der Waals surface area contributed by atoms with Gasteiger partial charge in [-0.25, -0.2) is 0 Å². The third-order valence-electron chi connectivity index (χ3n) is 6.04. The molecule has 0 aliphatic carbocycles. The minimum atomic E-state index is -0.672. The topological polar surface area (TPSA) is 111 Å². The summed E-state index contributed by atoms with van der Waals surface area (Å²) in [5.74, 6) is 1.43. The van der Waals surface area contributed by atoms with Crippen LogP contribution in [0.4, 0.5) is 5.69 Å². The van der Waals surface area contributed by atoms with Crippen molar-refractivity contribution in [3.05, 3.63) is 48.0 Å². The SMILES string of the molecule is CC[C@H](C(=O)NCCC(C)C)N(C(=O)Cn1nnc(-c2ccc(OC)c(OC)c2)n1)c1ccccc1C. The summed E-state index contributed by atoms with van der Waals surface area (Å²) < 4.78 is 10.6. The molecule has 10 nitrogen and oxygen atoms in total. The smallest absolute Gasteiger partial charge is 0.251 e. The molecule has 198 valence electrons. The summed E-state index contributed by atoms with van der Waals surface area (Å²) in [6.07, 6.45) is 1.32. The average Bonchev–Trinajstić information content (AvgIpc) is 3.35. The zero-order valence-corrected chi connectivity index (χ0v) is 22.4. The molecule has 2 amide bonds. The molecule has 1 aromatic heterocycles. The maximum absolute atomic E-state index is 13.7. The third kappa shape index (κ3) is 6.84. The second-order valence-electron chi connectivity index (χ2n) is 9.16. The van der Waals surface area contributed by atoms with Crippen LogP contribution in [-0.4, -0.2) is 58.8 Å². The predicted molar refractivity (Wildman–Crippen MR) is 142 cm³/mol. The fraction of sp³-hybridized carbons (Fsp3) is 0.444. The van der Waals surface area contributed by atoms with Gasteiger partial charge < -0.3 is 14.8 Å². The molecule has 0 spiro atoms. The van der Waals surface area contributed by atoms with Crippen LogP contribution in [-0.2, 0) is 16.1 Å². The number of nitrogens with zero attached hydrogens (tertiary/aromatic N) is 5. The number of hydrogen-bond donors (Lipinski definition) is 1. The van der Waals surface area contributed by atoms with E-state index in [0.717, 1.165) is 12.0 Å². The number of hydrogen-bond acceptors (Lipinski definition) is 7. The predicted octanol–water partition coefficient (Wildman–Crippen LogP) is 3.64. The first-order valence-electron chi connectivity index (χ1n) is 12.4. The van der Waals surface area contributed by atoms with Crippen LogP contribution in [0.15, 0.2) is 42.5 Å². The summed E-state index contributed by atoms with van der Waals surface area (Å²) in [4.78, 5) is 29.6. The van der Waals surface area contributed by atoms with Crippen molar-refractivity contribution in [1.82, 2.24) is 25.5 Å². The average molecular weight is 509 g/mol. The Labute approximate surface area is 217 Å². The molecule has 37 heavy (non-hydrogen) atoms. The molecule has 1 atom stereocenters. The number of aromatic nitrogens is 4. The number of benzene rings is 2. The number of methoxy groups -OCH3 is 2. The molecular formula is C27H36N6O4. The lowest BCUT2D eigenvalue weighted by atomic mass is 10.1. The number of aryl methyl sites for hydroxylation is 1. The van der Waals surface area contributed by atoms with Gasteiger partial charge in [0.1, 0.15) is 12.6 Å². The van der Waals surface area contributed by atoms with Crippen LogP contribution in [0.2, 0.25) is 0 Å². The fourth-order valence-electron chi connectivity index (χ4n) is 4.00. The summed E-state index contributed by atoms with van der Waals surface area (Å²) in [6, 6.07) is 12.1. The lowest BCUT2D eigenvalue weighted by Crippen LogP contribution is -2.51. The monoisotopic (exact) mass is 508 g/mol. The van der Waals surface area contributed by atoms with Crippen molar-refractivity contribution in [3.63, 3.8) is 0 Å². The van der Waals surface area contributed by atoms with Crippen molar-refractivity contribution in [2.45, 2.75) is 53.1 Å². The molecule has 0 aliphatic rings. The molecule has 0 aliphatic heterocycles. The number of carbonyl (C=O) groups excluding carboxylic acids is 2. The van der Waals surface area contributed by atoms with Gasteiger partial charge in [-0.2, -0.15) is 4.80 Å². The van der Waals surface area contributed by atoms with Crippen LogP contribution in [0, 0.1) is 12.8 Å². The lowest BCUT2D eigenvalue weighted by Gasteiger charge is -2.31. The van der Waals surface area contributed by atoms with Gasteiger partial charge in [0, 0.05) is 17.8 Å². The van der Waals surface area contributed by atoms with E-state index in [2.05, 4.69) is 34.6 Å². The first-order valence-corrected chi connectivity index (χ1v) is 12.4. The summed E-state index contributed by atoms with van der Waals surface area (Å²) in [6.45, 7) is 8.41. The minimum Gasteiger partial charge on any atom is -0.493 e. The first-order chi connectivity index (χ1) is 17.8. The zero-order valence-electron chi connectivity index (χ0n) is 22.4. The number of amides is 2. The van der Waals surface area contributed by atoms with Crippen molar-refractivity contribution in [2.75, 3.05) is 25.7 Å². The molecule has 0 unspecified atom stereocenters. The van der Waals surface area contributed by atoms with E-state index in [1.165, 1.54) is 4.80 Å². The highest BCUT2D eigenvalue weighted by Gasteiger charge is 2.31. The highest BCUT2D eigenvalue weighted by atomic mass is 16.5. The zero-order chi connectivity index (χ0) is 26.9. The van der Waals surface area contributed by atoms with Gasteiger partial charge in [-0.15, -0.1) is 10.2 Å². The summed E-state index contributed by atoms with van der Waals surface area (Å²) in [5.41, 5.74) is 2.24. The Morgan fingerprint density at radius 3 is 2.46 bits per heavy atom. The van der Waals surface area contributed by atoms with E-state index in [-0.39, 0.29) is 18.4 Å².